The number of hydrogen-bond acceptors (Lipinski definition) is 1. The summed E-state index contributed by atoms with van der Waals surface area (Å²) in [4.78, 5) is 3.95. The van der Waals surface area contributed by atoms with Crippen molar-refractivity contribution < 1.29 is 0 Å². The number of imidazole rings is 1. The van der Waals surface area contributed by atoms with Crippen LogP contribution in [0.25, 0.3) is 5.70 Å². The first kappa shape index (κ1) is 9.52. The van der Waals surface area contributed by atoms with Crippen molar-refractivity contribution in [2.24, 2.45) is 0 Å². The Morgan fingerprint density at radius 3 is 2.85 bits per heavy atom. The Kier molecular flexibility index (Phi) is 3.26. The van der Waals surface area contributed by atoms with Crippen LogP contribution in [-0.2, 0) is 0 Å². The van der Waals surface area contributed by atoms with E-state index in [0.717, 1.165) is 5.70 Å². The van der Waals surface area contributed by atoms with E-state index >= 15 is 0 Å². The van der Waals surface area contributed by atoms with Gasteiger partial charge in [0.05, 0.1) is 6.33 Å². The van der Waals surface area contributed by atoms with Crippen LogP contribution in [0.1, 0.15) is 13.8 Å². The summed E-state index contributed by atoms with van der Waals surface area (Å²) in [5.41, 5.74) is 2.11. The van der Waals surface area contributed by atoms with Crippen LogP contribution in [0, 0.1) is 0 Å². The Hall–Kier alpha value is -1.57. The molecule has 0 radical (unpaired) electrons. The van der Waals surface area contributed by atoms with E-state index in [1.165, 1.54) is 5.57 Å². The quantitative estimate of drug-likeness (QED) is 0.644. The predicted molar refractivity (Wildman–Crippen MR) is 56.1 cm³/mol. The van der Waals surface area contributed by atoms with Crippen LogP contribution in [-0.4, -0.2) is 9.55 Å². The van der Waals surface area contributed by atoms with Gasteiger partial charge in [-0.2, -0.15) is 0 Å². The SMILES string of the molecule is C=C(/C=C(C)\C=C/C)n1ccnc1. The van der Waals surface area contributed by atoms with Crippen LogP contribution in [0.15, 0.2) is 49.1 Å². The summed E-state index contributed by atoms with van der Waals surface area (Å²) >= 11 is 0. The van der Waals surface area contributed by atoms with E-state index in [2.05, 4.69) is 11.6 Å². The van der Waals surface area contributed by atoms with E-state index in [1.807, 2.05) is 42.8 Å². The third-order valence-electron chi connectivity index (χ3n) is 1.66. The lowest BCUT2D eigenvalue weighted by Gasteiger charge is -2.00. The molecule has 0 bridgehead atoms. The van der Waals surface area contributed by atoms with Gasteiger partial charge in [0.1, 0.15) is 0 Å². The molecule has 0 spiro atoms. The van der Waals surface area contributed by atoms with Crippen LogP contribution in [0.2, 0.25) is 0 Å². The monoisotopic (exact) mass is 174 g/mol. The molecule has 0 atom stereocenters. The van der Waals surface area contributed by atoms with E-state index < -0.39 is 0 Å². The molecule has 0 aliphatic carbocycles. The van der Waals surface area contributed by atoms with Crippen LogP contribution in [0.3, 0.4) is 0 Å². The van der Waals surface area contributed by atoms with Gasteiger partial charge in [-0.25, -0.2) is 4.98 Å². The van der Waals surface area contributed by atoms with Gasteiger partial charge in [0.2, 0.25) is 0 Å². The van der Waals surface area contributed by atoms with Crippen LogP contribution >= 0.6 is 0 Å². The number of nitrogens with zero attached hydrogens (tertiary/aromatic N) is 2. The van der Waals surface area contributed by atoms with Crippen molar-refractivity contribution in [3.05, 3.63) is 49.1 Å². The highest BCUT2D eigenvalue weighted by molar-refractivity contribution is 5.56. The molecule has 1 heterocycles. The maximum Gasteiger partial charge on any atom is 0.0991 e. The van der Waals surface area contributed by atoms with E-state index in [4.69, 9.17) is 0 Å². The van der Waals surface area contributed by atoms with Crippen LogP contribution < -0.4 is 0 Å². The van der Waals surface area contributed by atoms with Crippen LogP contribution in [0.5, 0.6) is 0 Å². The summed E-state index contributed by atoms with van der Waals surface area (Å²) in [6.45, 7) is 7.97. The first-order chi connectivity index (χ1) is 6.24. The molecule has 0 saturated carbocycles. The van der Waals surface area contributed by atoms with Crippen molar-refractivity contribution in [2.45, 2.75) is 13.8 Å². The van der Waals surface area contributed by atoms with Gasteiger partial charge < -0.3 is 4.57 Å². The summed E-state index contributed by atoms with van der Waals surface area (Å²) in [5.74, 6) is 0. The van der Waals surface area contributed by atoms with Gasteiger partial charge in [0, 0.05) is 18.1 Å². The molecule has 0 aliphatic heterocycles. The third kappa shape index (κ3) is 2.75. The minimum Gasteiger partial charge on any atom is -0.307 e. The van der Waals surface area contributed by atoms with Crippen molar-refractivity contribution in [3.63, 3.8) is 0 Å². The van der Waals surface area contributed by atoms with E-state index in [1.54, 1.807) is 12.5 Å². The Morgan fingerprint density at radius 2 is 2.31 bits per heavy atom. The Morgan fingerprint density at radius 1 is 1.54 bits per heavy atom. The summed E-state index contributed by atoms with van der Waals surface area (Å²) in [5, 5.41) is 0. The number of allylic oxidation sites excluding steroid dienone is 5. The first-order valence-corrected chi connectivity index (χ1v) is 4.22. The summed E-state index contributed by atoms with van der Waals surface area (Å²) in [6.07, 6.45) is 11.4. The second-order valence-corrected chi connectivity index (χ2v) is 2.85. The highest BCUT2D eigenvalue weighted by Gasteiger charge is 1.91. The molecule has 0 saturated heterocycles. The number of hydrogen-bond donors (Lipinski definition) is 0. The predicted octanol–water partition coefficient (Wildman–Crippen LogP) is 2.88. The van der Waals surface area contributed by atoms with Gasteiger partial charge >= 0.3 is 0 Å². The topological polar surface area (TPSA) is 17.8 Å². The lowest BCUT2D eigenvalue weighted by molar-refractivity contribution is 1.10. The summed E-state index contributed by atoms with van der Waals surface area (Å²) in [7, 11) is 0. The van der Waals surface area contributed by atoms with Gasteiger partial charge in [0.15, 0.2) is 0 Å². The fourth-order valence-electron chi connectivity index (χ4n) is 1.08. The smallest absolute Gasteiger partial charge is 0.0991 e. The van der Waals surface area contributed by atoms with Crippen molar-refractivity contribution in [3.8, 4) is 0 Å². The first-order valence-electron chi connectivity index (χ1n) is 4.22. The lowest BCUT2D eigenvalue weighted by Crippen LogP contribution is -1.88. The molecule has 0 amide bonds. The fraction of sp³-hybridized carbons (Fsp3) is 0.182. The number of rotatable bonds is 3. The average Bonchev–Trinajstić information content (AvgIpc) is 2.55. The molecular formula is C11H14N2. The Labute approximate surface area is 78.9 Å². The second kappa shape index (κ2) is 4.45. The third-order valence-corrected chi connectivity index (χ3v) is 1.66. The van der Waals surface area contributed by atoms with Gasteiger partial charge in [-0.15, -0.1) is 0 Å². The Bertz CT molecular complexity index is 329. The van der Waals surface area contributed by atoms with Gasteiger partial charge in [-0.05, 0) is 25.5 Å². The average molecular weight is 174 g/mol. The van der Waals surface area contributed by atoms with Gasteiger partial charge in [-0.3, -0.25) is 0 Å². The van der Waals surface area contributed by atoms with Crippen molar-refractivity contribution in [1.29, 1.82) is 0 Å². The molecular weight excluding hydrogens is 160 g/mol. The van der Waals surface area contributed by atoms with E-state index in [9.17, 15) is 0 Å². The highest BCUT2D eigenvalue weighted by atomic mass is 15.0. The van der Waals surface area contributed by atoms with E-state index in [-0.39, 0.29) is 0 Å². The molecule has 13 heavy (non-hydrogen) atoms. The minimum absolute atomic E-state index is 0.924. The van der Waals surface area contributed by atoms with Crippen molar-refractivity contribution >= 4 is 5.70 Å². The molecule has 0 aromatic carbocycles. The van der Waals surface area contributed by atoms with Gasteiger partial charge in [-0.1, -0.05) is 18.7 Å². The van der Waals surface area contributed by atoms with E-state index in [0.29, 0.717) is 0 Å². The maximum atomic E-state index is 3.95. The molecule has 2 heteroatoms. The molecule has 1 rings (SSSR count). The molecule has 1 aromatic heterocycles. The standard InChI is InChI=1S/C11H14N2/c1-4-5-10(2)8-11(3)13-7-6-12-9-13/h4-9H,3H2,1-2H3/b5-4-,10-8-. The fourth-order valence-corrected chi connectivity index (χ4v) is 1.08. The Balaban J connectivity index is 2.76. The second-order valence-electron chi connectivity index (χ2n) is 2.85. The van der Waals surface area contributed by atoms with Crippen LogP contribution in [0.4, 0.5) is 0 Å². The normalized spacial score (nSPS) is 12.3. The molecule has 0 aliphatic rings. The van der Waals surface area contributed by atoms with Crippen molar-refractivity contribution in [1.82, 2.24) is 9.55 Å². The minimum atomic E-state index is 0.924. The van der Waals surface area contributed by atoms with Gasteiger partial charge in [0.25, 0.3) is 0 Å². The zero-order chi connectivity index (χ0) is 9.68. The zero-order valence-corrected chi connectivity index (χ0v) is 8.07. The maximum absolute atomic E-state index is 3.95. The number of aromatic nitrogens is 2. The molecule has 0 N–H and O–H groups in total. The molecule has 1 aromatic rings. The highest BCUT2D eigenvalue weighted by Crippen LogP contribution is 2.06. The lowest BCUT2D eigenvalue weighted by atomic mass is 10.2. The largest absolute Gasteiger partial charge is 0.307 e. The molecule has 2 nitrogen and oxygen atoms in total. The molecule has 0 unspecified atom stereocenters. The molecule has 68 valence electrons. The summed E-state index contributed by atoms with van der Waals surface area (Å²) in [6, 6.07) is 0. The van der Waals surface area contributed by atoms with Crippen molar-refractivity contribution in [2.75, 3.05) is 0 Å². The summed E-state index contributed by atoms with van der Waals surface area (Å²) < 4.78 is 1.88. The molecule has 0 fully saturated rings. The zero-order valence-electron chi connectivity index (χ0n) is 8.07.